The highest BCUT2D eigenvalue weighted by Gasteiger charge is 2.13. The summed E-state index contributed by atoms with van der Waals surface area (Å²) in [6.07, 6.45) is 1.04. The molecule has 0 aromatic carbocycles. The number of hydrogen-bond donors (Lipinski definition) is 0. The van der Waals surface area contributed by atoms with Gasteiger partial charge in [0.05, 0.1) is 4.92 Å². The van der Waals surface area contributed by atoms with Crippen LogP contribution >= 0.6 is 15.9 Å². The zero-order valence-corrected chi connectivity index (χ0v) is 7.28. The summed E-state index contributed by atoms with van der Waals surface area (Å²) in [5.41, 5.74) is -0.275. The summed E-state index contributed by atoms with van der Waals surface area (Å²) in [6.45, 7) is 0. The van der Waals surface area contributed by atoms with Gasteiger partial charge in [-0.2, -0.15) is 5.26 Å². The number of aromatic nitrogens is 1. The molecule has 0 saturated carbocycles. The number of hydrogen-bond acceptors (Lipinski definition) is 4. The number of halogens is 1. The minimum atomic E-state index is -0.641. The van der Waals surface area contributed by atoms with E-state index in [1.807, 2.05) is 0 Å². The predicted molar refractivity (Wildman–Crippen MR) is 43.3 cm³/mol. The van der Waals surface area contributed by atoms with E-state index in [9.17, 15) is 10.1 Å². The van der Waals surface area contributed by atoms with Crippen molar-refractivity contribution in [1.29, 1.82) is 5.26 Å². The van der Waals surface area contributed by atoms with Gasteiger partial charge in [-0.05, 0) is 22.0 Å². The van der Waals surface area contributed by atoms with Crippen molar-refractivity contribution < 1.29 is 4.92 Å². The molecule has 0 amide bonds. The van der Waals surface area contributed by atoms with Crippen LogP contribution in [0.2, 0.25) is 0 Å². The van der Waals surface area contributed by atoms with E-state index in [-0.39, 0.29) is 11.3 Å². The summed E-state index contributed by atoms with van der Waals surface area (Å²) in [5, 5.41) is 18.8. The van der Waals surface area contributed by atoms with Crippen LogP contribution < -0.4 is 0 Å². The van der Waals surface area contributed by atoms with E-state index in [1.165, 1.54) is 6.07 Å². The molecule has 5 nitrogen and oxygen atoms in total. The lowest BCUT2D eigenvalue weighted by Crippen LogP contribution is -1.93. The second-order valence-corrected chi connectivity index (χ2v) is 2.71. The first-order valence-corrected chi connectivity index (χ1v) is 3.64. The van der Waals surface area contributed by atoms with Crippen LogP contribution in [0.3, 0.4) is 0 Å². The summed E-state index contributed by atoms with van der Waals surface area (Å²) >= 11 is 3.00. The molecule has 60 valence electrons. The van der Waals surface area contributed by atoms with Gasteiger partial charge in [0.25, 0.3) is 0 Å². The van der Waals surface area contributed by atoms with Gasteiger partial charge in [-0.3, -0.25) is 10.1 Å². The van der Waals surface area contributed by atoms with Gasteiger partial charge in [0, 0.05) is 0 Å². The lowest BCUT2D eigenvalue weighted by atomic mass is 10.2. The summed E-state index contributed by atoms with van der Waals surface area (Å²) < 4.78 is 0.407. The van der Waals surface area contributed by atoms with Crippen LogP contribution in [0.5, 0.6) is 0 Å². The van der Waals surface area contributed by atoms with Gasteiger partial charge in [0.2, 0.25) is 0 Å². The smallest absolute Gasteiger partial charge is 0.258 e. The van der Waals surface area contributed by atoms with Crippen molar-refractivity contribution in [2.75, 3.05) is 0 Å². The van der Waals surface area contributed by atoms with Gasteiger partial charge in [0.1, 0.15) is 22.4 Å². The fraction of sp³-hybridized carbons (Fsp3) is 0. The molecule has 1 aromatic heterocycles. The van der Waals surface area contributed by atoms with Crippen LogP contribution in [0.1, 0.15) is 5.56 Å². The topological polar surface area (TPSA) is 79.8 Å². The molecule has 1 heterocycles. The van der Waals surface area contributed by atoms with E-state index < -0.39 is 4.92 Å². The van der Waals surface area contributed by atoms with Gasteiger partial charge in [0.15, 0.2) is 0 Å². The molecule has 1 rings (SSSR count). The van der Waals surface area contributed by atoms with Gasteiger partial charge >= 0.3 is 5.69 Å². The Balaban J connectivity index is 3.32. The van der Waals surface area contributed by atoms with E-state index in [0.717, 1.165) is 6.20 Å². The Labute approximate surface area is 75.9 Å². The summed E-state index contributed by atoms with van der Waals surface area (Å²) in [6, 6.07) is 3.01. The molecule has 12 heavy (non-hydrogen) atoms. The zero-order valence-electron chi connectivity index (χ0n) is 5.69. The Kier molecular flexibility index (Phi) is 2.35. The predicted octanol–water partition coefficient (Wildman–Crippen LogP) is 1.62. The number of nitrogens with zero attached hydrogens (tertiary/aromatic N) is 3. The summed E-state index contributed by atoms with van der Waals surface area (Å²) in [4.78, 5) is 13.3. The third kappa shape index (κ3) is 1.57. The third-order valence-electron chi connectivity index (χ3n) is 1.17. The second-order valence-electron chi connectivity index (χ2n) is 1.89. The summed E-state index contributed by atoms with van der Waals surface area (Å²) in [7, 11) is 0. The largest absolute Gasteiger partial charge is 0.305 e. The maximum atomic E-state index is 10.3. The van der Waals surface area contributed by atoms with Crippen LogP contribution in [0.25, 0.3) is 0 Å². The molecular formula is C6H2BrN3O2. The highest BCUT2D eigenvalue weighted by atomic mass is 79.9. The molecule has 0 aliphatic heterocycles. The number of nitro groups is 1. The Morgan fingerprint density at radius 3 is 2.92 bits per heavy atom. The second kappa shape index (κ2) is 3.28. The molecule has 0 atom stereocenters. The van der Waals surface area contributed by atoms with Crippen LogP contribution in [0.15, 0.2) is 16.9 Å². The molecular weight excluding hydrogens is 226 g/mol. The molecule has 0 fully saturated rings. The van der Waals surface area contributed by atoms with Gasteiger partial charge in [-0.25, -0.2) is 4.98 Å². The molecule has 0 bridgehead atoms. The van der Waals surface area contributed by atoms with Crippen molar-refractivity contribution in [1.82, 2.24) is 4.98 Å². The van der Waals surface area contributed by atoms with Crippen molar-refractivity contribution in [2.45, 2.75) is 0 Å². The van der Waals surface area contributed by atoms with Crippen molar-refractivity contribution in [3.05, 3.63) is 32.5 Å². The summed E-state index contributed by atoms with van der Waals surface area (Å²) in [5.74, 6) is 0. The van der Waals surface area contributed by atoms with E-state index in [1.54, 1.807) is 6.07 Å². The first-order chi connectivity index (χ1) is 5.65. The molecule has 0 spiro atoms. The quantitative estimate of drug-likeness (QED) is 0.415. The van der Waals surface area contributed by atoms with Crippen LogP contribution in [-0.2, 0) is 0 Å². The van der Waals surface area contributed by atoms with Gasteiger partial charge in [-0.1, -0.05) is 0 Å². The lowest BCUT2D eigenvalue weighted by Gasteiger charge is -1.93. The number of pyridine rings is 1. The van der Waals surface area contributed by atoms with Crippen molar-refractivity contribution >= 4 is 21.6 Å². The van der Waals surface area contributed by atoms with Crippen molar-refractivity contribution in [3.63, 3.8) is 0 Å². The molecule has 6 heteroatoms. The minimum Gasteiger partial charge on any atom is -0.258 e. The van der Waals surface area contributed by atoms with E-state index >= 15 is 0 Å². The fourth-order valence-electron chi connectivity index (χ4n) is 0.658. The molecule has 0 aliphatic carbocycles. The first-order valence-electron chi connectivity index (χ1n) is 2.85. The zero-order chi connectivity index (χ0) is 9.14. The average molecular weight is 228 g/mol. The highest BCUT2D eigenvalue weighted by molar-refractivity contribution is 9.10. The first kappa shape index (κ1) is 8.62. The van der Waals surface area contributed by atoms with E-state index in [2.05, 4.69) is 20.9 Å². The third-order valence-corrected chi connectivity index (χ3v) is 1.60. The molecule has 0 unspecified atom stereocenters. The highest BCUT2D eigenvalue weighted by Crippen LogP contribution is 2.18. The Morgan fingerprint density at radius 2 is 2.42 bits per heavy atom. The van der Waals surface area contributed by atoms with E-state index in [4.69, 9.17) is 5.26 Å². The maximum Gasteiger partial charge on any atom is 0.305 e. The molecule has 0 saturated heterocycles. The molecule has 0 N–H and O–H groups in total. The molecule has 0 radical (unpaired) electrons. The lowest BCUT2D eigenvalue weighted by molar-refractivity contribution is -0.385. The Hall–Kier alpha value is -1.48. The minimum absolute atomic E-state index is 0.00174. The monoisotopic (exact) mass is 227 g/mol. The normalized spacial score (nSPS) is 9.00. The van der Waals surface area contributed by atoms with Gasteiger partial charge in [-0.15, -0.1) is 0 Å². The molecule has 0 aliphatic rings. The van der Waals surface area contributed by atoms with Crippen molar-refractivity contribution in [3.8, 4) is 6.07 Å². The standard InChI is InChI=1S/C6H2BrN3O2/c7-6-1-4(2-8)5(3-9-6)10(11)12/h1,3H. The van der Waals surface area contributed by atoms with Crippen LogP contribution in [0.4, 0.5) is 5.69 Å². The Bertz CT molecular complexity index is 372. The van der Waals surface area contributed by atoms with Crippen LogP contribution in [0, 0.1) is 21.4 Å². The fourth-order valence-corrected chi connectivity index (χ4v) is 0.989. The maximum absolute atomic E-state index is 10.3. The van der Waals surface area contributed by atoms with Crippen LogP contribution in [-0.4, -0.2) is 9.91 Å². The molecule has 1 aromatic rings. The number of nitriles is 1. The Morgan fingerprint density at radius 1 is 1.75 bits per heavy atom. The van der Waals surface area contributed by atoms with Gasteiger partial charge < -0.3 is 0 Å². The SMILES string of the molecule is N#Cc1cc(Br)ncc1[N+](=O)[O-]. The van der Waals surface area contributed by atoms with E-state index in [0.29, 0.717) is 4.60 Å². The average Bonchev–Trinajstić information content (AvgIpc) is 2.03. The number of rotatable bonds is 1. The van der Waals surface area contributed by atoms with Crippen molar-refractivity contribution in [2.24, 2.45) is 0 Å².